The predicted octanol–water partition coefficient (Wildman–Crippen LogP) is 1.75. The molecule has 0 aliphatic rings. The van der Waals surface area contributed by atoms with Gasteiger partial charge >= 0.3 is 0 Å². The lowest BCUT2D eigenvalue weighted by atomic mass is 10.0. The molecule has 1 rings (SSSR count). The fourth-order valence-electron chi connectivity index (χ4n) is 1.53. The van der Waals surface area contributed by atoms with Crippen LogP contribution in [0.4, 0.5) is 0 Å². The molecule has 0 aromatic carbocycles. The monoisotopic (exact) mass is 212 g/mol. The number of nitrogens with zero attached hydrogens (tertiary/aromatic N) is 2. The van der Waals surface area contributed by atoms with Crippen LogP contribution in [0.15, 0.2) is 12.4 Å². The van der Waals surface area contributed by atoms with Crippen molar-refractivity contribution < 1.29 is 9.84 Å². The molecule has 1 aromatic rings. The number of aliphatic hydroxyl groups excluding tert-OH is 1. The Morgan fingerprint density at radius 2 is 2.27 bits per heavy atom. The van der Waals surface area contributed by atoms with E-state index in [1.165, 1.54) is 0 Å². The fourth-order valence-corrected chi connectivity index (χ4v) is 1.53. The highest BCUT2D eigenvalue weighted by molar-refractivity contribution is 4.98. The molecule has 15 heavy (non-hydrogen) atoms. The van der Waals surface area contributed by atoms with E-state index in [1.54, 1.807) is 13.3 Å². The molecule has 0 saturated heterocycles. The SMILES string of the molecule is CCn1ccnc1C(O)CC(C)(C)OC. The second-order valence-corrected chi connectivity index (χ2v) is 4.26. The number of hydrogen-bond donors (Lipinski definition) is 1. The maximum absolute atomic E-state index is 10.0. The molecular formula is C11H20N2O2. The summed E-state index contributed by atoms with van der Waals surface area (Å²) in [7, 11) is 1.65. The minimum Gasteiger partial charge on any atom is -0.385 e. The molecule has 0 saturated carbocycles. The predicted molar refractivity (Wildman–Crippen MR) is 58.6 cm³/mol. The molecule has 4 nitrogen and oxygen atoms in total. The second kappa shape index (κ2) is 4.77. The van der Waals surface area contributed by atoms with E-state index in [4.69, 9.17) is 4.74 Å². The average molecular weight is 212 g/mol. The standard InChI is InChI=1S/C11H20N2O2/c1-5-13-7-6-12-10(13)9(14)8-11(2,3)15-4/h6-7,9,14H,5,8H2,1-4H3. The summed E-state index contributed by atoms with van der Waals surface area (Å²) in [5.41, 5.74) is -0.329. The number of aryl methyl sites for hydroxylation is 1. The summed E-state index contributed by atoms with van der Waals surface area (Å²) in [6.07, 6.45) is 3.55. The third-order valence-electron chi connectivity index (χ3n) is 2.62. The van der Waals surface area contributed by atoms with Gasteiger partial charge in [-0.05, 0) is 20.8 Å². The van der Waals surface area contributed by atoms with E-state index in [-0.39, 0.29) is 5.60 Å². The van der Waals surface area contributed by atoms with Gasteiger partial charge < -0.3 is 14.4 Å². The normalized spacial score (nSPS) is 14.2. The Bertz CT molecular complexity index is 307. The maximum atomic E-state index is 10.0. The van der Waals surface area contributed by atoms with Gasteiger partial charge in [-0.1, -0.05) is 0 Å². The third kappa shape index (κ3) is 3.04. The third-order valence-corrected chi connectivity index (χ3v) is 2.62. The van der Waals surface area contributed by atoms with Crippen molar-refractivity contribution in [3.8, 4) is 0 Å². The Morgan fingerprint density at radius 1 is 1.60 bits per heavy atom. The molecule has 0 amide bonds. The molecule has 1 aromatic heterocycles. The van der Waals surface area contributed by atoms with Crippen molar-refractivity contribution >= 4 is 0 Å². The molecule has 0 fully saturated rings. The van der Waals surface area contributed by atoms with E-state index < -0.39 is 6.10 Å². The first-order chi connectivity index (χ1) is 7.00. The minimum absolute atomic E-state index is 0.329. The summed E-state index contributed by atoms with van der Waals surface area (Å²) < 4.78 is 7.22. The van der Waals surface area contributed by atoms with Crippen LogP contribution >= 0.6 is 0 Å². The zero-order valence-corrected chi connectivity index (χ0v) is 9.90. The topological polar surface area (TPSA) is 47.3 Å². The van der Waals surface area contributed by atoms with Gasteiger partial charge in [0.2, 0.25) is 0 Å². The van der Waals surface area contributed by atoms with Crippen LogP contribution in [0.3, 0.4) is 0 Å². The van der Waals surface area contributed by atoms with Gasteiger partial charge in [0, 0.05) is 32.5 Å². The maximum Gasteiger partial charge on any atom is 0.137 e. The van der Waals surface area contributed by atoms with Crippen LogP contribution < -0.4 is 0 Å². The van der Waals surface area contributed by atoms with E-state index in [0.717, 1.165) is 6.54 Å². The van der Waals surface area contributed by atoms with Crippen LogP contribution in [0.5, 0.6) is 0 Å². The summed E-state index contributed by atoms with van der Waals surface area (Å²) in [4.78, 5) is 4.16. The number of aromatic nitrogens is 2. The van der Waals surface area contributed by atoms with Gasteiger partial charge in [0.15, 0.2) is 0 Å². The van der Waals surface area contributed by atoms with Crippen molar-refractivity contribution in [1.29, 1.82) is 0 Å². The first-order valence-corrected chi connectivity index (χ1v) is 5.24. The smallest absolute Gasteiger partial charge is 0.137 e. The summed E-state index contributed by atoms with van der Waals surface area (Å²) in [5, 5.41) is 10.0. The number of hydrogen-bond acceptors (Lipinski definition) is 3. The number of aliphatic hydroxyl groups is 1. The lowest BCUT2D eigenvalue weighted by molar-refractivity contribution is -0.0227. The highest BCUT2D eigenvalue weighted by Gasteiger charge is 2.24. The van der Waals surface area contributed by atoms with Crippen LogP contribution in [0.1, 0.15) is 39.1 Å². The summed E-state index contributed by atoms with van der Waals surface area (Å²) >= 11 is 0. The van der Waals surface area contributed by atoms with E-state index in [9.17, 15) is 5.11 Å². The molecule has 0 bridgehead atoms. The summed E-state index contributed by atoms with van der Waals surface area (Å²) in [6.45, 7) is 6.75. The first kappa shape index (κ1) is 12.2. The first-order valence-electron chi connectivity index (χ1n) is 5.24. The molecule has 0 aliphatic heterocycles. The van der Waals surface area contributed by atoms with Crippen LogP contribution in [0.25, 0.3) is 0 Å². The van der Waals surface area contributed by atoms with Crippen molar-refractivity contribution in [3.63, 3.8) is 0 Å². The second-order valence-electron chi connectivity index (χ2n) is 4.26. The van der Waals surface area contributed by atoms with Crippen LogP contribution in [0.2, 0.25) is 0 Å². The van der Waals surface area contributed by atoms with Gasteiger partial charge in [0.1, 0.15) is 11.9 Å². The molecule has 1 unspecified atom stereocenters. The molecule has 4 heteroatoms. The van der Waals surface area contributed by atoms with Crippen molar-refractivity contribution in [2.75, 3.05) is 7.11 Å². The molecular weight excluding hydrogens is 192 g/mol. The van der Waals surface area contributed by atoms with Crippen LogP contribution in [-0.2, 0) is 11.3 Å². The largest absolute Gasteiger partial charge is 0.385 e. The molecule has 1 atom stereocenters. The Hall–Kier alpha value is -0.870. The molecule has 0 spiro atoms. The van der Waals surface area contributed by atoms with Gasteiger partial charge in [0.25, 0.3) is 0 Å². The highest BCUT2D eigenvalue weighted by atomic mass is 16.5. The Labute approximate surface area is 90.9 Å². The molecule has 1 heterocycles. The molecule has 1 N–H and O–H groups in total. The van der Waals surface area contributed by atoms with Crippen LogP contribution in [0, 0.1) is 0 Å². The van der Waals surface area contributed by atoms with Gasteiger partial charge in [-0.3, -0.25) is 0 Å². The lowest BCUT2D eigenvalue weighted by Gasteiger charge is -2.25. The number of imidazole rings is 1. The number of methoxy groups -OCH3 is 1. The zero-order chi connectivity index (χ0) is 11.5. The minimum atomic E-state index is -0.574. The number of rotatable bonds is 5. The van der Waals surface area contributed by atoms with E-state index in [0.29, 0.717) is 12.2 Å². The average Bonchev–Trinajstić information content (AvgIpc) is 2.64. The Morgan fingerprint density at radius 3 is 2.80 bits per heavy atom. The molecule has 0 aliphatic carbocycles. The molecule has 86 valence electrons. The Kier molecular flexibility index (Phi) is 3.88. The van der Waals surface area contributed by atoms with Crippen molar-refractivity contribution in [3.05, 3.63) is 18.2 Å². The zero-order valence-electron chi connectivity index (χ0n) is 9.90. The van der Waals surface area contributed by atoms with Crippen molar-refractivity contribution in [1.82, 2.24) is 9.55 Å². The summed E-state index contributed by atoms with van der Waals surface area (Å²) in [5.74, 6) is 0.711. The Balaban J connectivity index is 2.73. The van der Waals surface area contributed by atoms with Gasteiger partial charge in [-0.2, -0.15) is 0 Å². The van der Waals surface area contributed by atoms with Gasteiger partial charge in [-0.15, -0.1) is 0 Å². The quantitative estimate of drug-likeness (QED) is 0.809. The van der Waals surface area contributed by atoms with Gasteiger partial charge in [-0.25, -0.2) is 4.98 Å². The van der Waals surface area contributed by atoms with E-state index in [1.807, 2.05) is 31.5 Å². The van der Waals surface area contributed by atoms with Crippen molar-refractivity contribution in [2.24, 2.45) is 0 Å². The highest BCUT2D eigenvalue weighted by Crippen LogP contribution is 2.24. The van der Waals surface area contributed by atoms with E-state index in [2.05, 4.69) is 4.98 Å². The molecule has 0 radical (unpaired) electrons. The lowest BCUT2D eigenvalue weighted by Crippen LogP contribution is -2.26. The van der Waals surface area contributed by atoms with E-state index >= 15 is 0 Å². The fraction of sp³-hybridized carbons (Fsp3) is 0.727. The van der Waals surface area contributed by atoms with Gasteiger partial charge in [0.05, 0.1) is 5.60 Å². The van der Waals surface area contributed by atoms with Crippen LogP contribution in [-0.4, -0.2) is 27.4 Å². The number of ether oxygens (including phenoxy) is 1. The summed E-state index contributed by atoms with van der Waals surface area (Å²) in [6, 6.07) is 0. The van der Waals surface area contributed by atoms with Crippen molar-refractivity contribution in [2.45, 2.75) is 45.4 Å².